The van der Waals surface area contributed by atoms with Gasteiger partial charge in [0.2, 0.25) is 0 Å². The zero-order valence-electron chi connectivity index (χ0n) is 17.5. The molecule has 1 saturated heterocycles. The summed E-state index contributed by atoms with van der Waals surface area (Å²) in [5, 5.41) is 10.6. The van der Waals surface area contributed by atoms with Crippen molar-refractivity contribution in [3.8, 4) is 0 Å². The highest BCUT2D eigenvalue weighted by Crippen LogP contribution is 2.42. The molecular weight excluding hydrogens is 407 g/mol. The van der Waals surface area contributed by atoms with E-state index in [1.165, 1.54) is 33.7 Å². The van der Waals surface area contributed by atoms with Crippen molar-refractivity contribution in [1.29, 1.82) is 0 Å². The predicted octanol–water partition coefficient (Wildman–Crippen LogP) is 4.87. The molecule has 5 heteroatoms. The first kappa shape index (κ1) is 20.7. The van der Waals surface area contributed by atoms with Crippen LogP contribution in [0.2, 0.25) is 0 Å². The van der Waals surface area contributed by atoms with Gasteiger partial charge in [-0.15, -0.1) is 11.8 Å². The van der Waals surface area contributed by atoms with Crippen LogP contribution in [0.15, 0.2) is 77.7 Å². The van der Waals surface area contributed by atoms with Gasteiger partial charge in [0.25, 0.3) is 0 Å². The minimum Gasteiger partial charge on any atom is -0.387 e. The highest BCUT2D eigenvalue weighted by atomic mass is 32.2. The van der Waals surface area contributed by atoms with Crippen LogP contribution in [0.3, 0.4) is 0 Å². The Morgan fingerprint density at radius 1 is 0.871 bits per heavy atom. The fourth-order valence-corrected chi connectivity index (χ4v) is 5.82. The SMILES string of the molecule is OC(CN1CCN(C2c3ccccc3CSc3ccccc32)CC1)c1ccc(F)cc1. The van der Waals surface area contributed by atoms with Crippen LogP contribution < -0.4 is 0 Å². The topological polar surface area (TPSA) is 26.7 Å². The molecule has 5 rings (SSSR count). The van der Waals surface area contributed by atoms with Crippen molar-refractivity contribution in [3.63, 3.8) is 0 Å². The fourth-order valence-electron chi connectivity index (χ4n) is 4.73. The number of fused-ring (bicyclic) bond motifs is 2. The number of hydrogen-bond donors (Lipinski definition) is 1. The van der Waals surface area contributed by atoms with Crippen molar-refractivity contribution in [2.45, 2.75) is 22.8 Å². The Labute approximate surface area is 187 Å². The molecule has 0 radical (unpaired) electrons. The third-order valence-electron chi connectivity index (χ3n) is 6.40. The van der Waals surface area contributed by atoms with E-state index in [9.17, 15) is 9.50 Å². The second kappa shape index (κ2) is 9.13. The molecule has 0 aliphatic carbocycles. The van der Waals surface area contributed by atoms with Gasteiger partial charge in [-0.05, 0) is 40.5 Å². The standard InChI is InChI=1S/C26H27FN2OS/c27-21-11-9-19(10-12-21)24(30)17-28-13-15-29(16-14-28)26-22-6-2-1-5-20(22)18-31-25-8-4-3-7-23(25)26/h1-12,24,26,30H,13-18H2. The van der Waals surface area contributed by atoms with Crippen molar-refractivity contribution >= 4 is 11.8 Å². The molecule has 3 aromatic rings. The molecule has 2 aliphatic rings. The van der Waals surface area contributed by atoms with Crippen LogP contribution in [-0.4, -0.2) is 47.6 Å². The monoisotopic (exact) mass is 434 g/mol. The number of halogens is 1. The van der Waals surface area contributed by atoms with Gasteiger partial charge in [0.1, 0.15) is 5.82 Å². The highest BCUT2D eigenvalue weighted by Gasteiger charge is 2.31. The average Bonchev–Trinajstić information content (AvgIpc) is 2.97. The van der Waals surface area contributed by atoms with E-state index < -0.39 is 6.10 Å². The molecule has 1 fully saturated rings. The number of nitrogens with zero attached hydrogens (tertiary/aromatic N) is 2. The zero-order valence-corrected chi connectivity index (χ0v) is 18.3. The largest absolute Gasteiger partial charge is 0.387 e. The molecule has 31 heavy (non-hydrogen) atoms. The minimum absolute atomic E-state index is 0.270. The number of hydrogen-bond acceptors (Lipinski definition) is 4. The van der Waals surface area contributed by atoms with Crippen LogP contribution in [0, 0.1) is 5.82 Å². The first-order valence-electron chi connectivity index (χ1n) is 10.9. The van der Waals surface area contributed by atoms with E-state index in [2.05, 4.69) is 58.3 Å². The quantitative estimate of drug-likeness (QED) is 0.634. The summed E-state index contributed by atoms with van der Waals surface area (Å²) in [6, 6.07) is 24.1. The maximum atomic E-state index is 13.2. The van der Waals surface area contributed by atoms with Gasteiger partial charge in [0, 0.05) is 43.4 Å². The van der Waals surface area contributed by atoms with Crippen LogP contribution in [0.4, 0.5) is 4.39 Å². The highest BCUT2D eigenvalue weighted by molar-refractivity contribution is 7.98. The normalized spacial score (nSPS) is 20.5. The second-order valence-electron chi connectivity index (χ2n) is 8.33. The average molecular weight is 435 g/mol. The molecule has 0 aromatic heterocycles. The van der Waals surface area contributed by atoms with Crippen LogP contribution in [0.25, 0.3) is 0 Å². The Balaban J connectivity index is 1.32. The number of rotatable bonds is 4. The lowest BCUT2D eigenvalue weighted by Crippen LogP contribution is -2.48. The molecule has 0 bridgehead atoms. The molecule has 0 spiro atoms. The third kappa shape index (κ3) is 4.41. The first-order valence-corrected chi connectivity index (χ1v) is 11.9. The van der Waals surface area contributed by atoms with Crippen molar-refractivity contribution in [1.82, 2.24) is 9.80 Å². The van der Waals surface area contributed by atoms with E-state index in [0.29, 0.717) is 6.54 Å². The van der Waals surface area contributed by atoms with Crippen LogP contribution in [0.1, 0.15) is 34.4 Å². The molecule has 2 heterocycles. The zero-order chi connectivity index (χ0) is 21.2. The Morgan fingerprint density at radius 3 is 2.32 bits per heavy atom. The number of piperazine rings is 1. The lowest BCUT2D eigenvalue weighted by Gasteiger charge is -2.40. The number of benzene rings is 3. The maximum Gasteiger partial charge on any atom is 0.123 e. The van der Waals surface area contributed by atoms with Crippen LogP contribution in [0.5, 0.6) is 0 Å². The molecule has 0 saturated carbocycles. The summed E-state index contributed by atoms with van der Waals surface area (Å²) in [5.41, 5.74) is 5.01. The van der Waals surface area contributed by atoms with Crippen LogP contribution in [-0.2, 0) is 5.75 Å². The van der Waals surface area contributed by atoms with E-state index in [4.69, 9.17) is 0 Å². The molecule has 2 atom stereocenters. The molecule has 0 amide bonds. The molecule has 160 valence electrons. The summed E-state index contributed by atoms with van der Waals surface area (Å²) >= 11 is 1.93. The number of β-amino-alcohol motifs (C(OH)–C–C–N with tert-alkyl or cyclic N) is 1. The number of aliphatic hydroxyl groups excluding tert-OH is 1. The summed E-state index contributed by atoms with van der Waals surface area (Å²) in [7, 11) is 0. The summed E-state index contributed by atoms with van der Waals surface area (Å²) in [6.45, 7) is 4.30. The van der Waals surface area contributed by atoms with Gasteiger partial charge in [-0.25, -0.2) is 4.39 Å². The summed E-state index contributed by atoms with van der Waals surface area (Å²) in [4.78, 5) is 6.27. The van der Waals surface area contributed by atoms with Crippen molar-refractivity contribution in [2.75, 3.05) is 32.7 Å². The fraction of sp³-hybridized carbons (Fsp3) is 0.308. The second-order valence-corrected chi connectivity index (χ2v) is 9.35. The van der Waals surface area contributed by atoms with Gasteiger partial charge in [-0.3, -0.25) is 9.80 Å². The first-order chi connectivity index (χ1) is 15.2. The molecule has 3 nitrogen and oxygen atoms in total. The lowest BCUT2D eigenvalue weighted by atomic mass is 9.93. The van der Waals surface area contributed by atoms with E-state index in [-0.39, 0.29) is 11.9 Å². The molecular formula is C26H27FN2OS. The summed E-state index contributed by atoms with van der Waals surface area (Å²) in [5.74, 6) is 0.736. The van der Waals surface area contributed by atoms with Gasteiger partial charge in [-0.2, -0.15) is 0 Å². The minimum atomic E-state index is -0.595. The number of aliphatic hydroxyl groups is 1. The van der Waals surface area contributed by atoms with Crippen molar-refractivity contribution < 1.29 is 9.50 Å². The Kier molecular flexibility index (Phi) is 6.10. The van der Waals surface area contributed by atoms with Gasteiger partial charge in [-0.1, -0.05) is 54.6 Å². The molecule has 1 N–H and O–H groups in total. The number of thioether (sulfide) groups is 1. The van der Waals surface area contributed by atoms with Gasteiger partial charge < -0.3 is 5.11 Å². The van der Waals surface area contributed by atoms with E-state index in [1.807, 2.05) is 11.8 Å². The van der Waals surface area contributed by atoms with Crippen molar-refractivity contribution in [3.05, 3.63) is 101 Å². The smallest absolute Gasteiger partial charge is 0.123 e. The Bertz CT molecular complexity index is 986. The molecule has 3 aromatic carbocycles. The summed E-state index contributed by atoms with van der Waals surface area (Å²) < 4.78 is 13.2. The van der Waals surface area contributed by atoms with Gasteiger partial charge in [0.15, 0.2) is 0 Å². The summed E-state index contributed by atoms with van der Waals surface area (Å²) in [6.07, 6.45) is -0.595. The van der Waals surface area contributed by atoms with E-state index in [1.54, 1.807) is 12.1 Å². The van der Waals surface area contributed by atoms with Gasteiger partial charge >= 0.3 is 0 Å². The molecule has 2 unspecified atom stereocenters. The van der Waals surface area contributed by atoms with Crippen LogP contribution >= 0.6 is 11.8 Å². The van der Waals surface area contributed by atoms with Crippen molar-refractivity contribution in [2.24, 2.45) is 0 Å². The lowest BCUT2D eigenvalue weighted by molar-refractivity contribution is 0.0618. The third-order valence-corrected chi connectivity index (χ3v) is 7.54. The van der Waals surface area contributed by atoms with E-state index in [0.717, 1.165) is 37.5 Å². The molecule has 2 aliphatic heterocycles. The Morgan fingerprint density at radius 2 is 1.55 bits per heavy atom. The maximum absolute atomic E-state index is 13.2. The Hall–Kier alpha value is -2.18. The predicted molar refractivity (Wildman–Crippen MR) is 124 cm³/mol. The van der Waals surface area contributed by atoms with E-state index >= 15 is 0 Å². The van der Waals surface area contributed by atoms with Gasteiger partial charge in [0.05, 0.1) is 12.1 Å².